The summed E-state index contributed by atoms with van der Waals surface area (Å²) in [6, 6.07) is 3.91. The molecule has 0 aromatic carbocycles. The zero-order valence-corrected chi connectivity index (χ0v) is 16.7. The van der Waals surface area contributed by atoms with Gasteiger partial charge in [-0.25, -0.2) is 9.59 Å². The second-order valence-electron chi connectivity index (χ2n) is 7.68. The van der Waals surface area contributed by atoms with Gasteiger partial charge in [0.05, 0.1) is 13.2 Å². The zero-order chi connectivity index (χ0) is 20.9. The van der Waals surface area contributed by atoms with E-state index in [9.17, 15) is 14.4 Å². The first-order chi connectivity index (χ1) is 13.9. The second kappa shape index (κ2) is 9.11. The van der Waals surface area contributed by atoms with Crippen molar-refractivity contribution in [2.75, 3.05) is 37.7 Å². The van der Waals surface area contributed by atoms with E-state index in [1.165, 1.54) is 0 Å². The van der Waals surface area contributed by atoms with Crippen LogP contribution < -0.4 is 10.2 Å². The molecular formula is C20H28N4O5. The van der Waals surface area contributed by atoms with Crippen LogP contribution in [0.25, 0.3) is 0 Å². The first-order valence-corrected chi connectivity index (χ1v) is 10.0. The maximum Gasteiger partial charge on any atom is 0.407 e. The number of nitrogens with zero attached hydrogens (tertiary/aromatic N) is 3. The molecule has 1 atom stereocenters. The molecular weight excluding hydrogens is 376 g/mol. The van der Waals surface area contributed by atoms with E-state index in [4.69, 9.17) is 9.84 Å². The highest BCUT2D eigenvalue weighted by atomic mass is 16.5. The molecule has 1 aromatic rings. The number of alkyl carbamates (subject to hydrolysis) is 1. The van der Waals surface area contributed by atoms with Gasteiger partial charge in [0.15, 0.2) is 5.78 Å². The van der Waals surface area contributed by atoms with E-state index in [0.717, 1.165) is 23.7 Å². The molecule has 0 bridgehead atoms. The van der Waals surface area contributed by atoms with Crippen LogP contribution in [0.5, 0.6) is 0 Å². The predicted molar refractivity (Wildman–Crippen MR) is 106 cm³/mol. The third-order valence-electron chi connectivity index (χ3n) is 5.85. The van der Waals surface area contributed by atoms with Gasteiger partial charge in [-0.15, -0.1) is 0 Å². The van der Waals surface area contributed by atoms with Gasteiger partial charge in [-0.2, -0.15) is 0 Å². The molecule has 3 heterocycles. The number of carbonyl (C=O) groups excluding carboxylic acids is 2. The maximum atomic E-state index is 12.6. The summed E-state index contributed by atoms with van der Waals surface area (Å²) < 4.78 is 5.10. The third-order valence-corrected chi connectivity index (χ3v) is 5.85. The molecule has 1 unspecified atom stereocenters. The summed E-state index contributed by atoms with van der Waals surface area (Å²) in [6.45, 7) is 3.75. The van der Waals surface area contributed by atoms with Crippen LogP contribution in [0.3, 0.4) is 0 Å². The van der Waals surface area contributed by atoms with Crippen LogP contribution in [-0.2, 0) is 9.53 Å². The molecule has 29 heavy (non-hydrogen) atoms. The van der Waals surface area contributed by atoms with Crippen molar-refractivity contribution < 1.29 is 24.2 Å². The molecule has 1 aromatic heterocycles. The number of Topliss-reactive ketones (excluding diaryl/α,β-unsaturated/α-hetero) is 1. The number of amides is 2. The number of hydrogen-bond acceptors (Lipinski definition) is 6. The SMILES string of the molecule is CCOC(=O)NC1(CC2CCN(C(=O)O)CC2=O)CCN(c2ccncc2)CC1. The Morgan fingerprint density at radius 2 is 1.97 bits per heavy atom. The maximum absolute atomic E-state index is 12.6. The number of ketones is 1. The van der Waals surface area contributed by atoms with Crippen molar-refractivity contribution in [3.05, 3.63) is 24.5 Å². The number of carboxylic acid groups (broad SMARTS) is 1. The lowest BCUT2D eigenvalue weighted by Gasteiger charge is -2.45. The number of rotatable bonds is 5. The Bertz CT molecular complexity index is 734. The standard InChI is InChI=1S/C20H28N4O5/c1-2-29-18(26)22-20(13-15-5-10-24(19(27)28)14-17(15)25)6-11-23(12-7-20)16-3-8-21-9-4-16/h3-4,8-9,15H,2,5-7,10-14H2,1H3,(H,22,26)(H,27,28). The van der Waals surface area contributed by atoms with Crippen molar-refractivity contribution in [2.24, 2.45) is 5.92 Å². The minimum atomic E-state index is -1.07. The number of piperidine rings is 2. The van der Waals surface area contributed by atoms with Crippen molar-refractivity contribution in [1.29, 1.82) is 0 Å². The predicted octanol–water partition coefficient (Wildman–Crippen LogP) is 2.13. The molecule has 2 amide bonds. The topological polar surface area (TPSA) is 112 Å². The Morgan fingerprint density at radius 3 is 2.55 bits per heavy atom. The fourth-order valence-electron chi connectivity index (χ4n) is 4.23. The van der Waals surface area contributed by atoms with Crippen LogP contribution in [0.4, 0.5) is 15.3 Å². The summed E-state index contributed by atoms with van der Waals surface area (Å²) >= 11 is 0. The Hall–Kier alpha value is -2.84. The molecule has 2 aliphatic rings. The van der Waals surface area contributed by atoms with Crippen LogP contribution in [0.2, 0.25) is 0 Å². The average Bonchev–Trinajstić information content (AvgIpc) is 2.71. The highest BCUT2D eigenvalue weighted by Crippen LogP contribution is 2.34. The summed E-state index contributed by atoms with van der Waals surface area (Å²) in [5, 5.41) is 12.1. The number of carbonyl (C=O) groups is 3. The number of aromatic nitrogens is 1. The van der Waals surface area contributed by atoms with Crippen molar-refractivity contribution in [3.8, 4) is 0 Å². The van der Waals surface area contributed by atoms with Crippen LogP contribution in [-0.4, -0.2) is 71.3 Å². The quantitative estimate of drug-likeness (QED) is 0.773. The van der Waals surface area contributed by atoms with E-state index in [1.54, 1.807) is 19.3 Å². The normalized spacial score (nSPS) is 21.6. The van der Waals surface area contributed by atoms with Crippen LogP contribution in [0, 0.1) is 5.92 Å². The molecule has 2 fully saturated rings. The van der Waals surface area contributed by atoms with E-state index in [-0.39, 0.29) is 24.9 Å². The Balaban J connectivity index is 1.69. The minimum Gasteiger partial charge on any atom is -0.465 e. The zero-order valence-electron chi connectivity index (χ0n) is 16.7. The van der Waals surface area contributed by atoms with Gasteiger partial charge in [0.25, 0.3) is 0 Å². The molecule has 2 N–H and O–H groups in total. The summed E-state index contributed by atoms with van der Waals surface area (Å²) in [7, 11) is 0. The molecule has 158 valence electrons. The Kier molecular flexibility index (Phi) is 6.56. The summed E-state index contributed by atoms with van der Waals surface area (Å²) in [6.07, 6.45) is 4.31. The average molecular weight is 404 g/mol. The number of nitrogens with one attached hydrogen (secondary N) is 1. The monoisotopic (exact) mass is 404 g/mol. The van der Waals surface area contributed by atoms with Crippen LogP contribution in [0.1, 0.15) is 32.6 Å². The van der Waals surface area contributed by atoms with Crippen molar-refractivity contribution in [3.63, 3.8) is 0 Å². The lowest BCUT2D eigenvalue weighted by atomic mass is 9.76. The number of pyridine rings is 1. The number of anilines is 1. The highest BCUT2D eigenvalue weighted by molar-refractivity contribution is 5.87. The van der Waals surface area contributed by atoms with Crippen molar-refractivity contribution >= 4 is 23.7 Å². The van der Waals surface area contributed by atoms with E-state index >= 15 is 0 Å². The fraction of sp³-hybridized carbons (Fsp3) is 0.600. The lowest BCUT2D eigenvalue weighted by molar-refractivity contribution is -0.127. The molecule has 9 nitrogen and oxygen atoms in total. The molecule has 0 spiro atoms. The lowest BCUT2D eigenvalue weighted by Crippen LogP contribution is -2.57. The van der Waals surface area contributed by atoms with Gasteiger partial charge in [0.2, 0.25) is 0 Å². The van der Waals surface area contributed by atoms with Gasteiger partial charge in [0.1, 0.15) is 0 Å². The summed E-state index contributed by atoms with van der Waals surface area (Å²) in [4.78, 5) is 43.3. The van der Waals surface area contributed by atoms with Crippen molar-refractivity contribution in [2.45, 2.75) is 38.1 Å². The molecule has 2 aliphatic heterocycles. The highest BCUT2D eigenvalue weighted by Gasteiger charge is 2.41. The van der Waals surface area contributed by atoms with Gasteiger partial charge in [-0.05, 0) is 44.7 Å². The molecule has 3 rings (SSSR count). The van der Waals surface area contributed by atoms with Gasteiger partial charge < -0.3 is 25.0 Å². The van der Waals surface area contributed by atoms with Crippen LogP contribution in [0.15, 0.2) is 24.5 Å². The van der Waals surface area contributed by atoms with E-state index in [2.05, 4.69) is 15.2 Å². The van der Waals surface area contributed by atoms with E-state index < -0.39 is 17.7 Å². The molecule has 0 radical (unpaired) electrons. The number of hydrogen-bond donors (Lipinski definition) is 2. The molecule has 2 saturated heterocycles. The largest absolute Gasteiger partial charge is 0.465 e. The Morgan fingerprint density at radius 1 is 1.28 bits per heavy atom. The summed E-state index contributed by atoms with van der Waals surface area (Å²) in [5.41, 5.74) is 0.539. The fourth-order valence-corrected chi connectivity index (χ4v) is 4.23. The second-order valence-corrected chi connectivity index (χ2v) is 7.68. The van der Waals surface area contributed by atoms with Gasteiger partial charge in [-0.1, -0.05) is 0 Å². The van der Waals surface area contributed by atoms with Gasteiger partial charge in [-0.3, -0.25) is 9.78 Å². The molecule has 0 aliphatic carbocycles. The van der Waals surface area contributed by atoms with E-state index in [0.29, 0.717) is 32.2 Å². The molecule has 9 heteroatoms. The molecule has 0 saturated carbocycles. The first kappa shape index (κ1) is 20.9. The summed E-state index contributed by atoms with van der Waals surface area (Å²) in [5.74, 6) is -0.347. The number of ether oxygens (including phenoxy) is 1. The third kappa shape index (κ3) is 5.16. The number of likely N-dealkylation sites (tertiary alicyclic amines) is 1. The van der Waals surface area contributed by atoms with E-state index in [1.807, 2.05) is 12.1 Å². The van der Waals surface area contributed by atoms with Crippen molar-refractivity contribution in [1.82, 2.24) is 15.2 Å². The minimum absolute atomic E-state index is 0.0831. The smallest absolute Gasteiger partial charge is 0.407 e. The first-order valence-electron chi connectivity index (χ1n) is 10.0. The Labute approximate surface area is 170 Å². The van der Waals surface area contributed by atoms with Crippen LogP contribution >= 0.6 is 0 Å². The van der Waals surface area contributed by atoms with Gasteiger partial charge in [0, 0.05) is 49.2 Å². The van der Waals surface area contributed by atoms with Gasteiger partial charge >= 0.3 is 12.2 Å².